The van der Waals surface area contributed by atoms with Crippen LogP contribution in [0.1, 0.15) is 37.7 Å². The van der Waals surface area contributed by atoms with Crippen molar-refractivity contribution < 1.29 is 17.9 Å². The average molecular weight is 341 g/mol. The first kappa shape index (κ1) is 18.2. The van der Waals surface area contributed by atoms with Crippen molar-refractivity contribution in [2.75, 3.05) is 33.9 Å². The lowest BCUT2D eigenvalue weighted by atomic mass is 9.90. The predicted octanol–water partition coefficient (Wildman–Crippen LogP) is 2.63. The predicted molar refractivity (Wildman–Crippen MR) is 91.4 cm³/mol. The number of sulfonamides is 1. The summed E-state index contributed by atoms with van der Waals surface area (Å²) in [6.07, 6.45) is 2.24. The topological polar surface area (TPSA) is 55.8 Å². The molecular weight excluding hydrogens is 314 g/mol. The molecule has 0 bridgehead atoms. The third-order valence-corrected chi connectivity index (χ3v) is 6.95. The highest BCUT2D eigenvalue weighted by molar-refractivity contribution is 7.89. The molecule has 2 rings (SSSR count). The molecule has 0 aromatic heterocycles. The number of hydrogen-bond acceptors (Lipinski definition) is 4. The second kappa shape index (κ2) is 8.13. The number of piperidine rings is 1. The van der Waals surface area contributed by atoms with Crippen LogP contribution in [0.3, 0.4) is 0 Å². The van der Waals surface area contributed by atoms with Gasteiger partial charge in [0.1, 0.15) is 5.75 Å². The van der Waals surface area contributed by atoms with Gasteiger partial charge in [0.05, 0.1) is 12.4 Å². The van der Waals surface area contributed by atoms with Gasteiger partial charge in [-0.1, -0.05) is 12.1 Å². The molecule has 1 aliphatic rings. The summed E-state index contributed by atoms with van der Waals surface area (Å²) in [4.78, 5) is 0. The Morgan fingerprint density at radius 2 is 1.96 bits per heavy atom. The monoisotopic (exact) mass is 341 g/mol. The summed E-state index contributed by atoms with van der Waals surface area (Å²) in [7, 11) is 0.0345. The quantitative estimate of drug-likeness (QED) is 0.765. The van der Waals surface area contributed by atoms with Gasteiger partial charge in [0.15, 0.2) is 0 Å². The molecule has 1 aliphatic heterocycles. The molecule has 130 valence electrons. The van der Waals surface area contributed by atoms with E-state index in [4.69, 9.17) is 9.47 Å². The zero-order chi connectivity index (χ0) is 16.9. The number of nitrogens with zero attached hydrogens (tertiary/aromatic N) is 1. The SMILES string of the molecule is COCCC(C)S(=O)(=O)N1CCC(c2cccc(OC)c2)CC1. The molecule has 0 radical (unpaired) electrons. The van der Waals surface area contributed by atoms with Crippen LogP contribution in [0.15, 0.2) is 24.3 Å². The molecule has 1 heterocycles. The average Bonchev–Trinajstić information content (AvgIpc) is 2.59. The van der Waals surface area contributed by atoms with E-state index in [0.29, 0.717) is 32.0 Å². The summed E-state index contributed by atoms with van der Waals surface area (Å²) < 4.78 is 37.1. The number of ether oxygens (including phenoxy) is 2. The Balaban J connectivity index is 1.97. The van der Waals surface area contributed by atoms with E-state index in [0.717, 1.165) is 18.6 Å². The minimum Gasteiger partial charge on any atom is -0.497 e. The third kappa shape index (κ3) is 4.46. The summed E-state index contributed by atoms with van der Waals surface area (Å²) in [6.45, 7) is 3.41. The second-order valence-corrected chi connectivity index (χ2v) is 8.44. The van der Waals surface area contributed by atoms with Gasteiger partial charge in [0.25, 0.3) is 0 Å². The van der Waals surface area contributed by atoms with E-state index in [1.165, 1.54) is 5.56 Å². The van der Waals surface area contributed by atoms with Crippen LogP contribution < -0.4 is 4.74 Å². The van der Waals surface area contributed by atoms with Crippen LogP contribution in [0.5, 0.6) is 5.75 Å². The molecule has 1 aromatic rings. The Morgan fingerprint density at radius 3 is 2.57 bits per heavy atom. The van der Waals surface area contributed by atoms with E-state index in [9.17, 15) is 8.42 Å². The zero-order valence-electron chi connectivity index (χ0n) is 14.2. The fourth-order valence-corrected chi connectivity index (χ4v) is 4.65. The van der Waals surface area contributed by atoms with Crippen molar-refractivity contribution in [3.8, 4) is 5.75 Å². The van der Waals surface area contributed by atoms with Crippen molar-refractivity contribution in [1.82, 2.24) is 4.31 Å². The maximum Gasteiger partial charge on any atom is 0.216 e. The number of methoxy groups -OCH3 is 2. The maximum atomic E-state index is 12.6. The third-order valence-electron chi connectivity index (χ3n) is 4.62. The molecule has 5 nitrogen and oxygen atoms in total. The lowest BCUT2D eigenvalue weighted by Crippen LogP contribution is -2.42. The van der Waals surface area contributed by atoms with Gasteiger partial charge in [0.2, 0.25) is 10.0 Å². The van der Waals surface area contributed by atoms with E-state index in [2.05, 4.69) is 12.1 Å². The van der Waals surface area contributed by atoms with Crippen LogP contribution in [0, 0.1) is 0 Å². The van der Waals surface area contributed by atoms with E-state index >= 15 is 0 Å². The molecular formula is C17H27NO4S. The summed E-state index contributed by atoms with van der Waals surface area (Å²) in [5.41, 5.74) is 1.23. The zero-order valence-corrected chi connectivity index (χ0v) is 15.0. The first-order valence-corrected chi connectivity index (χ1v) is 9.61. The highest BCUT2D eigenvalue weighted by Crippen LogP contribution is 2.31. The minimum atomic E-state index is -3.22. The van der Waals surface area contributed by atoms with Crippen LogP contribution in [-0.4, -0.2) is 51.9 Å². The van der Waals surface area contributed by atoms with E-state index < -0.39 is 15.3 Å². The van der Waals surface area contributed by atoms with Crippen LogP contribution in [-0.2, 0) is 14.8 Å². The summed E-state index contributed by atoms with van der Waals surface area (Å²) in [5.74, 6) is 1.25. The number of rotatable bonds is 7. The van der Waals surface area contributed by atoms with Crippen molar-refractivity contribution in [1.29, 1.82) is 0 Å². The molecule has 0 saturated carbocycles. The largest absolute Gasteiger partial charge is 0.497 e. The highest BCUT2D eigenvalue weighted by Gasteiger charge is 2.32. The van der Waals surface area contributed by atoms with Crippen molar-refractivity contribution in [2.45, 2.75) is 37.4 Å². The molecule has 1 unspecified atom stereocenters. The van der Waals surface area contributed by atoms with Gasteiger partial charge in [-0.15, -0.1) is 0 Å². The Labute approximate surface area is 139 Å². The van der Waals surface area contributed by atoms with Gasteiger partial charge in [-0.05, 0) is 49.8 Å². The van der Waals surface area contributed by atoms with E-state index in [1.807, 2.05) is 12.1 Å². The number of hydrogen-bond donors (Lipinski definition) is 0. The van der Waals surface area contributed by atoms with Gasteiger partial charge in [-0.2, -0.15) is 0 Å². The Morgan fingerprint density at radius 1 is 1.26 bits per heavy atom. The summed E-state index contributed by atoms with van der Waals surface area (Å²) in [6, 6.07) is 8.07. The Kier molecular flexibility index (Phi) is 6.44. The lowest BCUT2D eigenvalue weighted by molar-refractivity contribution is 0.193. The second-order valence-electron chi connectivity index (χ2n) is 6.09. The van der Waals surface area contributed by atoms with Gasteiger partial charge in [0, 0.05) is 26.8 Å². The van der Waals surface area contributed by atoms with Crippen LogP contribution in [0.25, 0.3) is 0 Å². The van der Waals surface area contributed by atoms with Crippen molar-refractivity contribution >= 4 is 10.0 Å². The van der Waals surface area contributed by atoms with Crippen LogP contribution in [0.4, 0.5) is 0 Å². The smallest absolute Gasteiger partial charge is 0.216 e. The van der Waals surface area contributed by atoms with Crippen molar-refractivity contribution in [3.63, 3.8) is 0 Å². The minimum absolute atomic E-state index is 0.393. The molecule has 0 aliphatic carbocycles. The summed E-state index contributed by atoms with van der Waals surface area (Å²) >= 11 is 0. The normalized spacial score (nSPS) is 18.7. The fraction of sp³-hybridized carbons (Fsp3) is 0.647. The standard InChI is InChI=1S/C17H27NO4S/c1-14(9-12-21-2)23(19,20)18-10-7-15(8-11-18)16-5-4-6-17(13-16)22-3/h4-6,13-15H,7-12H2,1-3H3. The Hall–Kier alpha value is -1.11. The van der Waals surface area contributed by atoms with E-state index in [1.54, 1.807) is 25.4 Å². The molecule has 1 fully saturated rings. The highest BCUT2D eigenvalue weighted by atomic mass is 32.2. The van der Waals surface area contributed by atoms with Gasteiger partial charge in [-0.25, -0.2) is 12.7 Å². The van der Waals surface area contributed by atoms with Gasteiger partial charge >= 0.3 is 0 Å². The molecule has 0 N–H and O–H groups in total. The van der Waals surface area contributed by atoms with Crippen LogP contribution in [0.2, 0.25) is 0 Å². The van der Waals surface area contributed by atoms with E-state index in [-0.39, 0.29) is 0 Å². The molecule has 1 aromatic carbocycles. The summed E-state index contributed by atoms with van der Waals surface area (Å²) in [5, 5.41) is -0.393. The maximum absolute atomic E-state index is 12.6. The van der Waals surface area contributed by atoms with Crippen LogP contribution >= 0.6 is 0 Å². The molecule has 0 spiro atoms. The molecule has 6 heteroatoms. The Bertz CT molecular complexity index is 594. The van der Waals surface area contributed by atoms with Crippen molar-refractivity contribution in [2.24, 2.45) is 0 Å². The molecule has 1 saturated heterocycles. The first-order chi connectivity index (χ1) is 11.0. The number of benzene rings is 1. The van der Waals surface area contributed by atoms with Gasteiger partial charge < -0.3 is 9.47 Å². The van der Waals surface area contributed by atoms with Gasteiger partial charge in [-0.3, -0.25) is 0 Å². The lowest BCUT2D eigenvalue weighted by Gasteiger charge is -2.33. The molecule has 0 amide bonds. The molecule has 1 atom stereocenters. The first-order valence-electron chi connectivity index (χ1n) is 8.11. The fourth-order valence-electron chi connectivity index (χ4n) is 3.03. The van der Waals surface area contributed by atoms with Crippen molar-refractivity contribution in [3.05, 3.63) is 29.8 Å². The molecule has 23 heavy (non-hydrogen) atoms.